The van der Waals surface area contributed by atoms with Gasteiger partial charge in [0.1, 0.15) is 17.1 Å². The van der Waals surface area contributed by atoms with Crippen LogP contribution in [0.15, 0.2) is 54.6 Å². The minimum absolute atomic E-state index is 0.211. The van der Waals surface area contributed by atoms with E-state index in [2.05, 4.69) is 54.4 Å². The monoisotopic (exact) mass is 321 g/mol. The minimum Gasteiger partial charge on any atom is -0.497 e. The van der Waals surface area contributed by atoms with Crippen LogP contribution in [-0.2, 0) is 0 Å². The van der Waals surface area contributed by atoms with Gasteiger partial charge in [0.05, 0.1) is 7.11 Å². The van der Waals surface area contributed by atoms with Crippen LogP contribution in [0.25, 0.3) is 5.57 Å². The highest BCUT2D eigenvalue weighted by Gasteiger charge is 2.38. The molecule has 2 heterocycles. The fourth-order valence-electron chi connectivity index (χ4n) is 3.63. The minimum atomic E-state index is -0.211. The van der Waals surface area contributed by atoms with Crippen LogP contribution in [0.4, 0.5) is 0 Å². The van der Waals surface area contributed by atoms with Crippen LogP contribution in [0, 0.1) is 0 Å². The molecule has 4 rings (SSSR count). The van der Waals surface area contributed by atoms with E-state index in [0.29, 0.717) is 0 Å². The Hall–Kier alpha value is -2.26. The van der Waals surface area contributed by atoms with Crippen LogP contribution >= 0.6 is 0 Å². The maximum atomic E-state index is 6.52. The van der Waals surface area contributed by atoms with Gasteiger partial charge in [0.25, 0.3) is 0 Å². The highest BCUT2D eigenvalue weighted by molar-refractivity contribution is 5.85. The fraction of sp³-hybridized carbons (Fsp3) is 0.333. The first-order valence-corrected chi connectivity index (χ1v) is 8.53. The predicted octanol–water partition coefficient (Wildman–Crippen LogP) is 3.98. The number of piperidine rings is 1. The van der Waals surface area contributed by atoms with E-state index in [1.54, 1.807) is 7.11 Å². The van der Waals surface area contributed by atoms with E-state index in [4.69, 9.17) is 9.47 Å². The standard InChI is InChI=1S/C21H23NO2/c1-22-12-10-21(11-13-22)15-19(16-6-4-3-5-7-16)18-9-8-17(23-2)14-20(18)24-21/h3-9,14-15H,10-13H2,1-2H3. The summed E-state index contributed by atoms with van der Waals surface area (Å²) in [5.41, 5.74) is 3.44. The van der Waals surface area contributed by atoms with Crippen LogP contribution in [0.2, 0.25) is 0 Å². The molecule has 1 saturated heterocycles. The van der Waals surface area contributed by atoms with Gasteiger partial charge >= 0.3 is 0 Å². The van der Waals surface area contributed by atoms with Crippen molar-refractivity contribution >= 4 is 5.57 Å². The first-order chi connectivity index (χ1) is 11.7. The lowest BCUT2D eigenvalue weighted by atomic mass is 9.83. The van der Waals surface area contributed by atoms with Crippen LogP contribution < -0.4 is 9.47 Å². The Balaban J connectivity index is 1.83. The summed E-state index contributed by atoms with van der Waals surface area (Å²) in [6.07, 6.45) is 4.37. The van der Waals surface area contributed by atoms with Gasteiger partial charge in [-0.15, -0.1) is 0 Å². The molecule has 2 aromatic carbocycles. The summed E-state index contributed by atoms with van der Waals surface area (Å²) < 4.78 is 11.9. The molecular weight excluding hydrogens is 298 g/mol. The Morgan fingerprint density at radius 3 is 2.50 bits per heavy atom. The number of likely N-dealkylation sites (tertiary alicyclic amines) is 1. The number of rotatable bonds is 2. The molecule has 0 bridgehead atoms. The van der Waals surface area contributed by atoms with E-state index in [9.17, 15) is 0 Å². The van der Waals surface area contributed by atoms with Gasteiger partial charge in [-0.1, -0.05) is 30.3 Å². The Morgan fingerprint density at radius 1 is 1.04 bits per heavy atom. The summed E-state index contributed by atoms with van der Waals surface area (Å²) >= 11 is 0. The molecule has 24 heavy (non-hydrogen) atoms. The molecule has 2 aliphatic heterocycles. The Kier molecular flexibility index (Phi) is 3.81. The summed E-state index contributed by atoms with van der Waals surface area (Å²) in [7, 11) is 3.87. The second-order valence-electron chi connectivity index (χ2n) is 6.76. The summed E-state index contributed by atoms with van der Waals surface area (Å²) in [6, 6.07) is 16.7. The number of hydrogen-bond donors (Lipinski definition) is 0. The lowest BCUT2D eigenvalue weighted by Crippen LogP contribution is -2.46. The van der Waals surface area contributed by atoms with Gasteiger partial charge in [0.2, 0.25) is 0 Å². The summed E-state index contributed by atoms with van der Waals surface area (Å²) in [4.78, 5) is 2.37. The molecule has 0 atom stereocenters. The van der Waals surface area contributed by atoms with Crippen molar-refractivity contribution in [3.05, 3.63) is 65.7 Å². The molecule has 2 aromatic rings. The average Bonchev–Trinajstić information content (AvgIpc) is 2.64. The van der Waals surface area contributed by atoms with E-state index >= 15 is 0 Å². The van der Waals surface area contributed by atoms with Crippen molar-refractivity contribution in [1.29, 1.82) is 0 Å². The van der Waals surface area contributed by atoms with E-state index < -0.39 is 0 Å². The maximum Gasteiger partial charge on any atom is 0.132 e. The molecule has 0 N–H and O–H groups in total. The van der Waals surface area contributed by atoms with Gasteiger partial charge < -0.3 is 14.4 Å². The van der Waals surface area contributed by atoms with E-state index in [-0.39, 0.29) is 5.60 Å². The Morgan fingerprint density at radius 2 is 1.79 bits per heavy atom. The zero-order valence-electron chi connectivity index (χ0n) is 14.3. The lowest BCUT2D eigenvalue weighted by molar-refractivity contribution is 0.0466. The van der Waals surface area contributed by atoms with E-state index in [1.807, 2.05) is 12.1 Å². The lowest BCUT2D eigenvalue weighted by Gasteiger charge is -2.42. The third-order valence-electron chi connectivity index (χ3n) is 5.12. The normalized spacial score (nSPS) is 19.3. The van der Waals surface area contributed by atoms with Gasteiger partial charge in [0.15, 0.2) is 0 Å². The summed E-state index contributed by atoms with van der Waals surface area (Å²) in [5, 5.41) is 0. The summed E-state index contributed by atoms with van der Waals surface area (Å²) in [6.45, 7) is 2.11. The number of nitrogens with zero attached hydrogens (tertiary/aromatic N) is 1. The van der Waals surface area contributed by atoms with Crippen molar-refractivity contribution in [2.75, 3.05) is 27.2 Å². The molecule has 0 radical (unpaired) electrons. The largest absolute Gasteiger partial charge is 0.497 e. The number of benzene rings is 2. The average molecular weight is 321 g/mol. The second-order valence-corrected chi connectivity index (χ2v) is 6.76. The fourth-order valence-corrected chi connectivity index (χ4v) is 3.63. The molecule has 0 saturated carbocycles. The van der Waals surface area contributed by atoms with Gasteiger partial charge in [-0.05, 0) is 36.4 Å². The molecule has 3 nitrogen and oxygen atoms in total. The number of methoxy groups -OCH3 is 1. The summed E-state index contributed by atoms with van der Waals surface area (Å²) in [5.74, 6) is 1.77. The van der Waals surface area contributed by atoms with Crippen LogP contribution in [0.3, 0.4) is 0 Å². The van der Waals surface area contributed by atoms with Crippen LogP contribution in [-0.4, -0.2) is 37.7 Å². The van der Waals surface area contributed by atoms with E-state index in [1.165, 1.54) is 11.1 Å². The topological polar surface area (TPSA) is 21.7 Å². The second kappa shape index (κ2) is 5.99. The van der Waals surface area contributed by atoms with Crippen molar-refractivity contribution in [2.24, 2.45) is 0 Å². The van der Waals surface area contributed by atoms with E-state index in [0.717, 1.165) is 43.0 Å². The third-order valence-corrected chi connectivity index (χ3v) is 5.12. The maximum absolute atomic E-state index is 6.52. The van der Waals surface area contributed by atoms with Gasteiger partial charge in [-0.3, -0.25) is 0 Å². The quantitative estimate of drug-likeness (QED) is 0.835. The molecule has 0 amide bonds. The molecule has 1 spiro atoms. The van der Waals surface area contributed by atoms with Crippen molar-refractivity contribution in [3.63, 3.8) is 0 Å². The molecule has 0 aliphatic carbocycles. The zero-order valence-corrected chi connectivity index (χ0v) is 14.3. The highest BCUT2D eigenvalue weighted by atomic mass is 16.5. The van der Waals surface area contributed by atoms with Crippen LogP contribution in [0.5, 0.6) is 11.5 Å². The SMILES string of the molecule is COc1ccc2c(c1)OC1(C=C2c2ccccc2)CCN(C)CC1. The molecule has 124 valence electrons. The van der Waals surface area contributed by atoms with Crippen molar-refractivity contribution in [2.45, 2.75) is 18.4 Å². The van der Waals surface area contributed by atoms with Crippen molar-refractivity contribution < 1.29 is 9.47 Å². The third kappa shape index (κ3) is 2.69. The number of hydrogen-bond acceptors (Lipinski definition) is 3. The molecule has 0 unspecified atom stereocenters. The molecule has 1 fully saturated rings. The van der Waals surface area contributed by atoms with Crippen LogP contribution in [0.1, 0.15) is 24.0 Å². The smallest absolute Gasteiger partial charge is 0.132 e. The predicted molar refractivity (Wildman–Crippen MR) is 96.6 cm³/mol. The number of fused-ring (bicyclic) bond motifs is 1. The molecule has 0 aromatic heterocycles. The van der Waals surface area contributed by atoms with Gasteiger partial charge in [-0.2, -0.15) is 0 Å². The van der Waals surface area contributed by atoms with Gasteiger partial charge in [-0.25, -0.2) is 0 Å². The highest BCUT2D eigenvalue weighted by Crippen LogP contribution is 2.44. The first-order valence-electron chi connectivity index (χ1n) is 8.53. The van der Waals surface area contributed by atoms with Gasteiger partial charge in [0, 0.05) is 37.6 Å². The molecule has 2 aliphatic rings. The van der Waals surface area contributed by atoms with Crippen molar-refractivity contribution in [1.82, 2.24) is 4.90 Å². The Labute approximate surface area is 143 Å². The zero-order chi connectivity index (χ0) is 16.6. The Bertz CT molecular complexity index is 759. The first kappa shape index (κ1) is 15.3. The molecular formula is C21H23NO2. The van der Waals surface area contributed by atoms with Crippen molar-refractivity contribution in [3.8, 4) is 11.5 Å². The molecule has 3 heteroatoms. The number of ether oxygens (including phenoxy) is 2.